The first kappa shape index (κ1) is 13.4. The van der Waals surface area contributed by atoms with E-state index in [-0.39, 0.29) is 16.0 Å². The Kier molecular flexibility index (Phi) is 3.39. The summed E-state index contributed by atoms with van der Waals surface area (Å²) in [6.45, 7) is 3.00. The number of carbonyl (C=O) groups excluding carboxylic acids is 1. The molecule has 1 aliphatic heterocycles. The Morgan fingerprint density at radius 2 is 2.11 bits per heavy atom. The lowest BCUT2D eigenvalue weighted by Crippen LogP contribution is -2.28. The first-order valence-corrected chi connectivity index (χ1v) is 7.53. The quantitative estimate of drug-likeness (QED) is 0.794. The van der Waals surface area contributed by atoms with Crippen molar-refractivity contribution in [3.05, 3.63) is 22.7 Å². The molecule has 0 saturated carbocycles. The van der Waals surface area contributed by atoms with E-state index in [1.807, 2.05) is 0 Å². The second-order valence-corrected chi connectivity index (χ2v) is 6.71. The number of rotatable bonds is 0. The Hall–Kier alpha value is -1.05. The molecule has 1 aromatic carbocycles. The molecule has 0 atom stereocenters. The summed E-state index contributed by atoms with van der Waals surface area (Å²) in [6, 6.07) is 3.04. The second kappa shape index (κ2) is 4.56. The number of nitrogens with zero attached hydrogens (tertiary/aromatic N) is 1. The third-order valence-corrected chi connectivity index (χ3v) is 5.11. The van der Waals surface area contributed by atoms with Crippen LogP contribution < -0.4 is 5.32 Å². The molecule has 0 bridgehead atoms. The number of benzene rings is 1. The monoisotopic (exact) mass is 304 g/mol. The van der Waals surface area contributed by atoms with Gasteiger partial charge in [0.25, 0.3) is 10.0 Å². The molecule has 5 nitrogen and oxygen atoms in total. The minimum Gasteiger partial charge on any atom is -0.304 e. The lowest BCUT2D eigenvalue weighted by molar-refractivity contribution is -0.117. The fourth-order valence-corrected chi connectivity index (χ4v) is 4.25. The number of thioether (sulfide) groups is 1. The molecule has 96 valence electrons. The highest BCUT2D eigenvalue weighted by molar-refractivity contribution is 8.15. The molecule has 18 heavy (non-hydrogen) atoms. The Morgan fingerprint density at radius 3 is 2.72 bits per heavy atom. The molecular weight excluding hydrogens is 296 g/mol. The third kappa shape index (κ3) is 2.52. The van der Waals surface area contributed by atoms with Gasteiger partial charge in [-0.1, -0.05) is 11.6 Å². The Morgan fingerprint density at radius 1 is 1.44 bits per heavy atom. The van der Waals surface area contributed by atoms with Crippen LogP contribution in [0.15, 0.2) is 26.3 Å². The van der Waals surface area contributed by atoms with Gasteiger partial charge in [0.15, 0.2) is 5.17 Å². The molecule has 0 fully saturated rings. The van der Waals surface area contributed by atoms with Crippen LogP contribution in [-0.4, -0.2) is 19.5 Å². The molecule has 1 aliphatic rings. The molecule has 0 unspecified atom stereocenters. The van der Waals surface area contributed by atoms with Crippen LogP contribution in [0.2, 0.25) is 5.02 Å². The van der Waals surface area contributed by atoms with Gasteiger partial charge in [-0.15, -0.1) is 4.40 Å². The molecular formula is C10H9ClN2O3S2. The van der Waals surface area contributed by atoms with Crippen LogP contribution in [0.25, 0.3) is 0 Å². The van der Waals surface area contributed by atoms with Crippen molar-refractivity contribution in [3.63, 3.8) is 0 Å². The van der Waals surface area contributed by atoms with E-state index < -0.39 is 10.0 Å². The van der Waals surface area contributed by atoms with Crippen molar-refractivity contribution in [1.29, 1.82) is 0 Å². The predicted molar refractivity (Wildman–Crippen MR) is 70.5 cm³/mol. The summed E-state index contributed by atoms with van der Waals surface area (Å²) < 4.78 is 27.4. The van der Waals surface area contributed by atoms with Crippen LogP contribution in [0.4, 0.5) is 0 Å². The Balaban J connectivity index is 2.55. The summed E-state index contributed by atoms with van der Waals surface area (Å²) in [5.41, 5.74) is 0.665. The van der Waals surface area contributed by atoms with E-state index in [2.05, 4.69) is 9.71 Å². The third-order valence-electron chi connectivity index (χ3n) is 2.20. The van der Waals surface area contributed by atoms with Gasteiger partial charge in [0.1, 0.15) is 4.90 Å². The van der Waals surface area contributed by atoms with Gasteiger partial charge < -0.3 is 5.32 Å². The van der Waals surface area contributed by atoms with Gasteiger partial charge >= 0.3 is 0 Å². The zero-order valence-corrected chi connectivity index (χ0v) is 11.9. The summed E-state index contributed by atoms with van der Waals surface area (Å²) in [4.78, 5) is 11.5. The van der Waals surface area contributed by atoms with Crippen molar-refractivity contribution in [3.8, 4) is 0 Å². The molecule has 1 N–H and O–H groups in total. The number of halogens is 1. The van der Waals surface area contributed by atoms with Gasteiger partial charge in [0, 0.05) is 16.8 Å². The number of hydrogen-bond donors (Lipinski definition) is 1. The van der Waals surface area contributed by atoms with E-state index in [0.29, 0.717) is 15.5 Å². The number of amides is 1. The fourth-order valence-electron chi connectivity index (χ4n) is 1.40. The molecule has 0 aromatic heterocycles. The molecule has 0 spiro atoms. The average molecular weight is 305 g/mol. The minimum absolute atomic E-state index is 0.0370. The van der Waals surface area contributed by atoms with E-state index in [4.69, 9.17) is 11.6 Å². The number of sulfonamides is 1. The maximum absolute atomic E-state index is 11.9. The molecule has 0 saturated heterocycles. The number of carbonyl (C=O) groups is 1. The standard InChI is InChI=1S/C10H9ClN2O3S2/c1-5-3-9-8(4-7(5)11)17-10(12-6(2)14)13-18(9,15)16/h3-4H,1-2H3,(H,12,13,14). The summed E-state index contributed by atoms with van der Waals surface area (Å²) in [7, 11) is -3.78. The highest BCUT2D eigenvalue weighted by Crippen LogP contribution is 2.36. The van der Waals surface area contributed by atoms with Crippen LogP contribution in [0.3, 0.4) is 0 Å². The first-order valence-electron chi connectivity index (χ1n) is 4.90. The zero-order valence-electron chi connectivity index (χ0n) is 9.52. The molecule has 0 aliphatic carbocycles. The van der Waals surface area contributed by atoms with Crippen LogP contribution >= 0.6 is 23.4 Å². The number of aryl methyl sites for hydroxylation is 1. The van der Waals surface area contributed by atoms with E-state index in [1.54, 1.807) is 13.0 Å². The molecule has 1 aromatic rings. The Labute approximate surface area is 114 Å². The van der Waals surface area contributed by atoms with Gasteiger partial charge in [-0.05, 0) is 36.4 Å². The van der Waals surface area contributed by atoms with Gasteiger partial charge in [0.2, 0.25) is 5.91 Å². The number of amidine groups is 1. The van der Waals surface area contributed by atoms with Gasteiger partial charge in [-0.2, -0.15) is 8.42 Å². The molecule has 0 radical (unpaired) electrons. The van der Waals surface area contributed by atoms with Crippen LogP contribution in [0, 0.1) is 6.92 Å². The second-order valence-electron chi connectivity index (χ2n) is 3.70. The molecule has 2 rings (SSSR count). The smallest absolute Gasteiger partial charge is 0.285 e. The lowest BCUT2D eigenvalue weighted by Gasteiger charge is -2.16. The molecule has 1 heterocycles. The Bertz CT molecular complexity index is 668. The molecule has 8 heteroatoms. The summed E-state index contributed by atoms with van der Waals surface area (Å²) >= 11 is 7.02. The summed E-state index contributed by atoms with van der Waals surface area (Å²) in [6.07, 6.45) is 0. The fraction of sp³-hybridized carbons (Fsp3) is 0.200. The summed E-state index contributed by atoms with van der Waals surface area (Å²) in [5, 5.41) is 2.87. The van der Waals surface area contributed by atoms with Crippen LogP contribution in [0.5, 0.6) is 0 Å². The highest BCUT2D eigenvalue weighted by Gasteiger charge is 2.27. The van der Waals surface area contributed by atoms with E-state index >= 15 is 0 Å². The maximum atomic E-state index is 11.9. The van der Waals surface area contributed by atoms with Gasteiger partial charge in [-0.3, -0.25) is 4.79 Å². The van der Waals surface area contributed by atoms with Crippen molar-refractivity contribution in [2.24, 2.45) is 4.40 Å². The van der Waals surface area contributed by atoms with Gasteiger partial charge in [-0.25, -0.2) is 0 Å². The lowest BCUT2D eigenvalue weighted by atomic mass is 10.2. The van der Waals surface area contributed by atoms with Crippen molar-refractivity contribution in [1.82, 2.24) is 5.32 Å². The van der Waals surface area contributed by atoms with Gasteiger partial charge in [0.05, 0.1) is 0 Å². The van der Waals surface area contributed by atoms with Crippen molar-refractivity contribution in [2.45, 2.75) is 23.6 Å². The van der Waals surface area contributed by atoms with Crippen molar-refractivity contribution < 1.29 is 13.2 Å². The van der Waals surface area contributed by atoms with Crippen molar-refractivity contribution >= 4 is 44.5 Å². The number of nitrogens with one attached hydrogen (secondary N) is 1. The summed E-state index contributed by atoms with van der Waals surface area (Å²) in [5.74, 6) is -0.377. The largest absolute Gasteiger partial charge is 0.304 e. The number of hydrogen-bond acceptors (Lipinski definition) is 4. The highest BCUT2D eigenvalue weighted by atomic mass is 35.5. The first-order chi connectivity index (χ1) is 8.29. The SMILES string of the molecule is CC(=O)NC1=NS(=O)(=O)c2cc(C)c(Cl)cc2S1. The zero-order chi connectivity index (χ0) is 13.5. The van der Waals surface area contributed by atoms with Crippen molar-refractivity contribution in [2.75, 3.05) is 0 Å². The average Bonchev–Trinajstić information content (AvgIpc) is 2.19. The van der Waals surface area contributed by atoms with Crippen LogP contribution in [-0.2, 0) is 14.8 Å². The molecule has 1 amide bonds. The topological polar surface area (TPSA) is 75.6 Å². The predicted octanol–water partition coefficient (Wildman–Crippen LogP) is 1.93. The number of fused-ring (bicyclic) bond motifs is 1. The van der Waals surface area contributed by atoms with E-state index in [1.165, 1.54) is 13.0 Å². The minimum atomic E-state index is -3.78. The van der Waals surface area contributed by atoms with E-state index in [0.717, 1.165) is 11.8 Å². The maximum Gasteiger partial charge on any atom is 0.285 e. The van der Waals surface area contributed by atoms with Crippen LogP contribution in [0.1, 0.15) is 12.5 Å². The van der Waals surface area contributed by atoms with E-state index in [9.17, 15) is 13.2 Å². The normalized spacial score (nSPS) is 16.7.